The molecule has 0 atom stereocenters. The second-order valence-corrected chi connectivity index (χ2v) is 9.21. The molecule has 3 aromatic rings. The molecule has 2 amide bonds. The number of hydrogen-bond donors (Lipinski definition) is 3. The van der Waals surface area contributed by atoms with Crippen molar-refractivity contribution in [2.45, 2.75) is 26.2 Å². The predicted molar refractivity (Wildman–Crippen MR) is 143 cm³/mol. The number of hydrogen-bond acceptors (Lipinski definition) is 5. The van der Waals surface area contributed by atoms with E-state index in [0.717, 1.165) is 5.56 Å². The zero-order chi connectivity index (χ0) is 25.6. The van der Waals surface area contributed by atoms with Crippen LogP contribution in [0.4, 0.5) is 11.4 Å². The molecule has 0 aliphatic rings. The standard InChI is InChI=1S/C27H29N3O4S/c1-27(2,3)18-11-9-17(10-12-18)24(31)28-19-13-15-20(16-14-19)29-26(35)30-25(32)23-21(33-4)7-6-8-22(23)34-5/h6-16H,1-5H3,(H,28,31)(H2,29,30,32,35). The molecule has 3 rings (SSSR count). The van der Waals surface area contributed by atoms with E-state index in [2.05, 4.69) is 36.7 Å². The number of anilines is 2. The van der Waals surface area contributed by atoms with Gasteiger partial charge in [0.05, 0.1) is 14.2 Å². The maximum absolute atomic E-state index is 12.7. The first-order chi connectivity index (χ1) is 16.6. The number of carbonyl (C=O) groups excluding carboxylic acids is 2. The maximum Gasteiger partial charge on any atom is 0.264 e. The average Bonchev–Trinajstić information content (AvgIpc) is 2.84. The van der Waals surface area contributed by atoms with Gasteiger partial charge in [-0.05, 0) is 71.7 Å². The molecule has 0 aliphatic carbocycles. The van der Waals surface area contributed by atoms with Crippen LogP contribution >= 0.6 is 12.2 Å². The van der Waals surface area contributed by atoms with E-state index in [-0.39, 0.29) is 22.0 Å². The van der Waals surface area contributed by atoms with Gasteiger partial charge in [0.25, 0.3) is 11.8 Å². The monoisotopic (exact) mass is 491 g/mol. The van der Waals surface area contributed by atoms with Crippen LogP contribution in [0.25, 0.3) is 0 Å². The molecule has 0 saturated carbocycles. The van der Waals surface area contributed by atoms with Crippen molar-refractivity contribution in [1.82, 2.24) is 5.32 Å². The molecule has 0 aromatic heterocycles. The van der Waals surface area contributed by atoms with Gasteiger partial charge in [-0.25, -0.2) is 0 Å². The third kappa shape index (κ3) is 6.58. The van der Waals surface area contributed by atoms with Gasteiger partial charge < -0.3 is 20.1 Å². The Balaban J connectivity index is 1.60. The molecule has 8 heteroatoms. The van der Waals surface area contributed by atoms with Gasteiger partial charge in [-0.2, -0.15) is 0 Å². The van der Waals surface area contributed by atoms with Gasteiger partial charge in [0, 0.05) is 16.9 Å². The third-order valence-corrected chi connectivity index (χ3v) is 5.50. The topological polar surface area (TPSA) is 88.7 Å². The van der Waals surface area contributed by atoms with Crippen molar-refractivity contribution < 1.29 is 19.1 Å². The van der Waals surface area contributed by atoms with Crippen molar-refractivity contribution in [3.05, 3.63) is 83.4 Å². The zero-order valence-electron chi connectivity index (χ0n) is 20.4. The molecule has 0 bridgehead atoms. The molecule has 182 valence electrons. The highest BCUT2D eigenvalue weighted by Gasteiger charge is 2.19. The molecule has 0 radical (unpaired) electrons. The molecule has 0 aliphatic heterocycles. The summed E-state index contributed by atoms with van der Waals surface area (Å²) < 4.78 is 10.5. The predicted octanol–water partition coefficient (Wildman–Crippen LogP) is 5.38. The van der Waals surface area contributed by atoms with Crippen LogP contribution in [0.3, 0.4) is 0 Å². The van der Waals surface area contributed by atoms with E-state index in [9.17, 15) is 9.59 Å². The van der Waals surface area contributed by atoms with E-state index >= 15 is 0 Å². The molecule has 7 nitrogen and oxygen atoms in total. The summed E-state index contributed by atoms with van der Waals surface area (Å²) in [6.07, 6.45) is 0. The smallest absolute Gasteiger partial charge is 0.264 e. The van der Waals surface area contributed by atoms with Crippen molar-refractivity contribution in [2.24, 2.45) is 0 Å². The summed E-state index contributed by atoms with van der Waals surface area (Å²) in [5, 5.41) is 8.57. The van der Waals surface area contributed by atoms with Crippen LogP contribution in [-0.4, -0.2) is 31.1 Å². The number of methoxy groups -OCH3 is 2. The lowest BCUT2D eigenvalue weighted by atomic mass is 9.87. The molecule has 0 fully saturated rings. The van der Waals surface area contributed by atoms with Crippen molar-refractivity contribution in [1.29, 1.82) is 0 Å². The van der Waals surface area contributed by atoms with E-state index in [0.29, 0.717) is 28.4 Å². The molecule has 3 N–H and O–H groups in total. The molecule has 0 unspecified atom stereocenters. The van der Waals surface area contributed by atoms with E-state index < -0.39 is 5.91 Å². The van der Waals surface area contributed by atoms with E-state index in [4.69, 9.17) is 21.7 Å². The number of rotatable bonds is 6. The molecule has 0 heterocycles. The second-order valence-electron chi connectivity index (χ2n) is 8.80. The molecular weight excluding hydrogens is 462 g/mol. The maximum atomic E-state index is 12.7. The van der Waals surface area contributed by atoms with Gasteiger partial charge in [-0.1, -0.05) is 39.0 Å². The minimum atomic E-state index is -0.460. The lowest BCUT2D eigenvalue weighted by Gasteiger charge is -2.19. The molecular formula is C27H29N3O4S. The number of carbonyl (C=O) groups is 2. The van der Waals surface area contributed by atoms with Gasteiger partial charge >= 0.3 is 0 Å². The van der Waals surface area contributed by atoms with E-state index in [1.54, 1.807) is 42.5 Å². The largest absolute Gasteiger partial charge is 0.496 e. The molecule has 0 spiro atoms. The lowest BCUT2D eigenvalue weighted by molar-refractivity contribution is 0.0970. The van der Waals surface area contributed by atoms with Crippen molar-refractivity contribution in [2.75, 3.05) is 24.9 Å². The number of nitrogens with one attached hydrogen (secondary N) is 3. The van der Waals surface area contributed by atoms with Gasteiger partial charge in [0.15, 0.2) is 5.11 Å². The summed E-state index contributed by atoms with van der Waals surface area (Å²) in [7, 11) is 2.95. The highest BCUT2D eigenvalue weighted by Crippen LogP contribution is 2.28. The number of thiocarbonyl (C=S) groups is 1. The summed E-state index contributed by atoms with van der Waals surface area (Å²) in [6, 6.07) is 19.6. The Bertz CT molecular complexity index is 1190. The molecule has 0 saturated heterocycles. The fraction of sp³-hybridized carbons (Fsp3) is 0.222. The Kier molecular flexibility index (Phi) is 8.09. The van der Waals surface area contributed by atoms with Gasteiger partial charge in [-0.3, -0.25) is 14.9 Å². The van der Waals surface area contributed by atoms with Crippen LogP contribution in [0, 0.1) is 0 Å². The lowest BCUT2D eigenvalue weighted by Crippen LogP contribution is -2.34. The Morgan fingerprint density at radius 2 is 1.26 bits per heavy atom. The van der Waals surface area contributed by atoms with E-state index in [1.165, 1.54) is 14.2 Å². The van der Waals surface area contributed by atoms with Crippen LogP contribution in [0.5, 0.6) is 11.5 Å². The Hall–Kier alpha value is -3.91. The van der Waals surface area contributed by atoms with Crippen molar-refractivity contribution in [3.63, 3.8) is 0 Å². The highest BCUT2D eigenvalue weighted by atomic mass is 32.1. The molecule has 35 heavy (non-hydrogen) atoms. The van der Waals surface area contributed by atoms with E-state index in [1.807, 2.05) is 24.3 Å². The third-order valence-electron chi connectivity index (χ3n) is 5.30. The van der Waals surface area contributed by atoms with Crippen LogP contribution in [-0.2, 0) is 5.41 Å². The highest BCUT2D eigenvalue weighted by molar-refractivity contribution is 7.80. The van der Waals surface area contributed by atoms with Gasteiger partial charge in [0.1, 0.15) is 17.1 Å². The van der Waals surface area contributed by atoms with Crippen LogP contribution < -0.4 is 25.4 Å². The number of benzene rings is 3. The summed E-state index contributed by atoms with van der Waals surface area (Å²) in [5.41, 5.74) is 3.30. The fourth-order valence-corrected chi connectivity index (χ4v) is 3.58. The first-order valence-electron chi connectivity index (χ1n) is 11.0. The summed E-state index contributed by atoms with van der Waals surface area (Å²) >= 11 is 5.28. The summed E-state index contributed by atoms with van der Waals surface area (Å²) in [4.78, 5) is 25.3. The van der Waals surface area contributed by atoms with Crippen LogP contribution in [0.15, 0.2) is 66.7 Å². The SMILES string of the molecule is COc1cccc(OC)c1C(=O)NC(=S)Nc1ccc(NC(=O)c2ccc(C(C)(C)C)cc2)cc1. The second kappa shape index (κ2) is 11.0. The van der Waals surface area contributed by atoms with Gasteiger partial charge in [-0.15, -0.1) is 0 Å². The first kappa shape index (κ1) is 25.7. The van der Waals surface area contributed by atoms with Crippen LogP contribution in [0.1, 0.15) is 47.1 Å². The normalized spacial score (nSPS) is 10.8. The fourth-order valence-electron chi connectivity index (χ4n) is 3.36. The quantitative estimate of drug-likeness (QED) is 0.401. The number of amides is 2. The van der Waals surface area contributed by atoms with Crippen LogP contribution in [0.2, 0.25) is 0 Å². The van der Waals surface area contributed by atoms with Gasteiger partial charge in [0.2, 0.25) is 0 Å². The minimum absolute atomic E-state index is 0.0249. The first-order valence-corrected chi connectivity index (χ1v) is 11.4. The Morgan fingerprint density at radius 3 is 1.74 bits per heavy atom. The molecule has 3 aromatic carbocycles. The Labute approximate surface area is 210 Å². The van der Waals surface area contributed by atoms with Crippen molar-refractivity contribution >= 4 is 40.5 Å². The summed E-state index contributed by atoms with van der Waals surface area (Å²) in [5.74, 6) is 0.0912. The average molecular weight is 492 g/mol. The zero-order valence-corrected chi connectivity index (χ0v) is 21.2. The Morgan fingerprint density at radius 1 is 0.743 bits per heavy atom. The minimum Gasteiger partial charge on any atom is -0.496 e. The summed E-state index contributed by atoms with van der Waals surface area (Å²) in [6.45, 7) is 6.39. The number of ether oxygens (including phenoxy) is 2. The van der Waals surface area contributed by atoms with Crippen molar-refractivity contribution in [3.8, 4) is 11.5 Å².